The van der Waals surface area contributed by atoms with Crippen molar-refractivity contribution in [2.75, 3.05) is 38.1 Å². The van der Waals surface area contributed by atoms with E-state index >= 15 is 0 Å². The lowest BCUT2D eigenvalue weighted by Crippen LogP contribution is -2.44. The van der Waals surface area contributed by atoms with Crippen LogP contribution in [-0.4, -0.2) is 60.3 Å². The maximum Gasteiger partial charge on any atom is 0.328 e. The lowest BCUT2D eigenvalue weighted by Gasteiger charge is -2.34. The third kappa shape index (κ3) is 6.23. The number of carbonyl (C=O) groups is 2. The average Bonchev–Trinajstić information content (AvgIpc) is 2.61. The number of hydrogen-bond donors (Lipinski definition) is 2. The van der Waals surface area contributed by atoms with E-state index in [1.165, 1.54) is 57.5 Å². The molecule has 1 aromatic rings. The highest BCUT2D eigenvalue weighted by molar-refractivity contribution is 5.89. The van der Waals surface area contributed by atoms with E-state index in [0.717, 1.165) is 0 Å². The molecule has 0 atom stereocenters. The number of benzene rings is 1. The Morgan fingerprint density at radius 3 is 2.04 bits per heavy atom. The Bertz CT molecular complexity index is 618. The van der Waals surface area contributed by atoms with E-state index in [2.05, 4.69) is 35.0 Å². The first-order valence-corrected chi connectivity index (χ1v) is 8.65. The van der Waals surface area contributed by atoms with Crippen molar-refractivity contribution in [2.45, 2.75) is 25.7 Å². The number of likely N-dealkylation sites (N-methyl/N-ethyl adjacent to an activating group) is 1. The summed E-state index contributed by atoms with van der Waals surface area (Å²) < 4.78 is 0. The highest BCUT2D eigenvalue weighted by atomic mass is 16.4. The van der Waals surface area contributed by atoms with Crippen LogP contribution >= 0.6 is 0 Å². The van der Waals surface area contributed by atoms with Crippen LogP contribution in [0.1, 0.15) is 24.0 Å². The van der Waals surface area contributed by atoms with E-state index in [1.807, 2.05) is 0 Å². The summed E-state index contributed by atoms with van der Waals surface area (Å²) >= 11 is 0. The molecule has 0 unspecified atom stereocenters. The van der Waals surface area contributed by atoms with Crippen molar-refractivity contribution in [3.05, 3.63) is 41.5 Å². The lowest BCUT2D eigenvalue weighted by atomic mass is 9.91. The fourth-order valence-corrected chi connectivity index (χ4v) is 3.12. The van der Waals surface area contributed by atoms with Crippen molar-refractivity contribution in [2.24, 2.45) is 0 Å². The number of rotatable bonds is 3. The first-order chi connectivity index (χ1) is 12.0. The lowest BCUT2D eigenvalue weighted by molar-refractivity contribution is -0.134. The van der Waals surface area contributed by atoms with Crippen LogP contribution in [0.5, 0.6) is 0 Å². The highest BCUT2D eigenvalue weighted by Crippen LogP contribution is 2.26. The smallest absolute Gasteiger partial charge is 0.328 e. The van der Waals surface area contributed by atoms with Gasteiger partial charge < -0.3 is 20.0 Å². The summed E-state index contributed by atoms with van der Waals surface area (Å²) in [4.78, 5) is 24.1. The minimum atomic E-state index is -1.26. The molecule has 0 saturated carbocycles. The van der Waals surface area contributed by atoms with Gasteiger partial charge in [0.2, 0.25) is 0 Å². The van der Waals surface area contributed by atoms with Crippen molar-refractivity contribution in [1.82, 2.24) is 4.90 Å². The maximum absolute atomic E-state index is 9.55. The van der Waals surface area contributed by atoms with Gasteiger partial charge in [-0.3, -0.25) is 0 Å². The molecule has 1 aliphatic carbocycles. The molecule has 0 aromatic heterocycles. The largest absolute Gasteiger partial charge is 0.478 e. The molecular formula is C19H26N2O4. The van der Waals surface area contributed by atoms with E-state index in [1.54, 1.807) is 11.1 Å². The summed E-state index contributed by atoms with van der Waals surface area (Å²) in [5, 5.41) is 15.6. The second-order valence-electron chi connectivity index (χ2n) is 6.46. The second kappa shape index (κ2) is 9.22. The molecule has 6 heteroatoms. The van der Waals surface area contributed by atoms with Crippen LogP contribution in [0.4, 0.5) is 5.69 Å². The number of hydrogen-bond acceptors (Lipinski definition) is 4. The molecule has 1 aromatic carbocycles. The number of piperazine rings is 1. The third-order valence-electron chi connectivity index (χ3n) is 4.57. The molecule has 2 aliphatic rings. The van der Waals surface area contributed by atoms with Crippen molar-refractivity contribution < 1.29 is 19.8 Å². The molecule has 1 saturated heterocycles. The van der Waals surface area contributed by atoms with Crippen LogP contribution in [0.15, 0.2) is 30.4 Å². The Morgan fingerprint density at radius 2 is 1.48 bits per heavy atom. The van der Waals surface area contributed by atoms with Gasteiger partial charge in [0.15, 0.2) is 0 Å². The number of nitrogens with zero attached hydrogens (tertiary/aromatic N) is 2. The van der Waals surface area contributed by atoms with Crippen molar-refractivity contribution in [1.29, 1.82) is 0 Å². The summed E-state index contributed by atoms with van der Waals surface area (Å²) in [6.07, 6.45) is 6.44. The van der Waals surface area contributed by atoms with Crippen LogP contribution in [-0.2, 0) is 22.4 Å². The van der Waals surface area contributed by atoms with Crippen LogP contribution in [0.2, 0.25) is 0 Å². The van der Waals surface area contributed by atoms with Crippen LogP contribution in [0, 0.1) is 0 Å². The van der Waals surface area contributed by atoms with E-state index in [0.29, 0.717) is 12.2 Å². The Hall–Kier alpha value is -2.34. The number of aliphatic carboxylic acids is 2. The first kappa shape index (κ1) is 19.0. The Balaban J connectivity index is 0.000000242. The number of fused-ring (bicyclic) bond motifs is 1. The molecule has 6 nitrogen and oxygen atoms in total. The molecule has 2 N–H and O–H groups in total. The molecule has 0 bridgehead atoms. The van der Waals surface area contributed by atoms with Crippen molar-refractivity contribution >= 4 is 17.6 Å². The van der Waals surface area contributed by atoms with E-state index in [9.17, 15) is 9.59 Å². The number of anilines is 1. The van der Waals surface area contributed by atoms with E-state index in [4.69, 9.17) is 10.2 Å². The summed E-state index contributed by atoms with van der Waals surface area (Å²) in [6, 6.07) is 7.14. The topological polar surface area (TPSA) is 81.1 Å². The van der Waals surface area contributed by atoms with Gasteiger partial charge in [-0.1, -0.05) is 6.07 Å². The molecule has 0 amide bonds. The fraction of sp³-hybridized carbons (Fsp3) is 0.474. The monoisotopic (exact) mass is 346 g/mol. The first-order valence-electron chi connectivity index (χ1n) is 8.65. The molecule has 1 fully saturated rings. The number of carboxylic acids is 2. The second-order valence-corrected chi connectivity index (χ2v) is 6.46. The SMILES string of the molecule is CN1CCN(c2ccc3c(c2)CCCC3)CC1.O=C(O)/C=C\C(=O)O. The average molecular weight is 346 g/mol. The summed E-state index contributed by atoms with van der Waals surface area (Å²) in [5.74, 6) is -2.51. The predicted octanol–water partition coefficient (Wildman–Crippen LogP) is 2.03. The highest BCUT2D eigenvalue weighted by Gasteiger charge is 2.16. The minimum Gasteiger partial charge on any atom is -0.478 e. The van der Waals surface area contributed by atoms with Gasteiger partial charge in [-0.15, -0.1) is 0 Å². The Kier molecular flexibility index (Phi) is 7.01. The number of carboxylic acid groups (broad SMARTS) is 2. The fourth-order valence-electron chi connectivity index (χ4n) is 3.12. The molecule has 0 spiro atoms. The van der Waals surface area contributed by atoms with Crippen LogP contribution in [0.3, 0.4) is 0 Å². The molecule has 3 rings (SSSR count). The van der Waals surface area contributed by atoms with Gasteiger partial charge in [0, 0.05) is 44.0 Å². The third-order valence-corrected chi connectivity index (χ3v) is 4.57. The summed E-state index contributed by atoms with van der Waals surface area (Å²) in [6.45, 7) is 4.73. The molecule has 1 aliphatic heterocycles. The van der Waals surface area contributed by atoms with Gasteiger partial charge in [-0.25, -0.2) is 9.59 Å². The van der Waals surface area contributed by atoms with Gasteiger partial charge in [-0.05, 0) is 56.0 Å². The normalized spacial score (nSPS) is 17.6. The van der Waals surface area contributed by atoms with E-state index < -0.39 is 11.9 Å². The van der Waals surface area contributed by atoms with Gasteiger partial charge in [0.1, 0.15) is 0 Å². The molecule has 0 radical (unpaired) electrons. The van der Waals surface area contributed by atoms with Gasteiger partial charge >= 0.3 is 11.9 Å². The Morgan fingerprint density at radius 1 is 0.920 bits per heavy atom. The van der Waals surface area contributed by atoms with Crippen molar-refractivity contribution in [3.8, 4) is 0 Å². The summed E-state index contributed by atoms with van der Waals surface area (Å²) in [5.41, 5.74) is 4.64. The van der Waals surface area contributed by atoms with Gasteiger partial charge in [-0.2, -0.15) is 0 Å². The van der Waals surface area contributed by atoms with Gasteiger partial charge in [0.05, 0.1) is 0 Å². The van der Waals surface area contributed by atoms with Crippen molar-refractivity contribution in [3.63, 3.8) is 0 Å². The minimum absolute atomic E-state index is 0.558. The number of aryl methyl sites for hydroxylation is 2. The predicted molar refractivity (Wildman–Crippen MR) is 97.2 cm³/mol. The van der Waals surface area contributed by atoms with Gasteiger partial charge in [0.25, 0.3) is 0 Å². The standard InChI is InChI=1S/C15H22N2.C4H4O4/c1-16-8-10-17(11-9-16)15-7-6-13-4-2-3-5-14(13)12-15;5-3(6)1-2-4(7)8/h6-7,12H,2-5,8-11H2,1H3;1-2H,(H,5,6)(H,7,8)/b;2-1-. The zero-order chi connectivity index (χ0) is 18.2. The zero-order valence-electron chi connectivity index (χ0n) is 14.6. The molecule has 136 valence electrons. The summed E-state index contributed by atoms with van der Waals surface area (Å²) in [7, 11) is 2.21. The van der Waals surface area contributed by atoms with E-state index in [-0.39, 0.29) is 0 Å². The van der Waals surface area contributed by atoms with Crippen LogP contribution in [0.25, 0.3) is 0 Å². The zero-order valence-corrected chi connectivity index (χ0v) is 14.6. The molecule has 25 heavy (non-hydrogen) atoms. The Labute approximate surface area is 148 Å². The quantitative estimate of drug-likeness (QED) is 0.815. The maximum atomic E-state index is 9.55. The molecular weight excluding hydrogens is 320 g/mol. The van der Waals surface area contributed by atoms with Crippen LogP contribution < -0.4 is 4.90 Å². The molecule has 1 heterocycles.